The lowest BCUT2D eigenvalue weighted by molar-refractivity contribution is 0.174. The molecule has 0 atom stereocenters. The van der Waals surface area contributed by atoms with Gasteiger partial charge in [0.15, 0.2) is 17.5 Å². The Hall–Kier alpha value is -3.48. The number of hydrogen-bond donors (Lipinski definition) is 2. The van der Waals surface area contributed by atoms with Gasteiger partial charge in [0.25, 0.3) is 0 Å². The maximum atomic E-state index is 5.44. The van der Waals surface area contributed by atoms with Crippen molar-refractivity contribution in [3.8, 4) is 17.2 Å². The van der Waals surface area contributed by atoms with E-state index in [4.69, 9.17) is 9.47 Å². The van der Waals surface area contributed by atoms with Gasteiger partial charge in [0, 0.05) is 24.8 Å². The summed E-state index contributed by atoms with van der Waals surface area (Å²) < 4.78 is 12.7. The summed E-state index contributed by atoms with van der Waals surface area (Å²) in [7, 11) is 0. The van der Waals surface area contributed by atoms with E-state index in [2.05, 4.69) is 33.7 Å². The fraction of sp³-hybridized carbons (Fsp3) is 0.273. The average molecular weight is 391 g/mol. The molecule has 0 bridgehead atoms. The quantitative estimate of drug-likeness (QED) is 0.479. The van der Waals surface area contributed by atoms with Crippen LogP contribution in [0.5, 0.6) is 11.5 Å². The Kier molecular flexibility index (Phi) is 5.95. The van der Waals surface area contributed by atoms with Crippen LogP contribution in [-0.4, -0.2) is 35.6 Å². The summed E-state index contributed by atoms with van der Waals surface area (Å²) in [4.78, 5) is 4.68. The van der Waals surface area contributed by atoms with Gasteiger partial charge in [-0.2, -0.15) is 5.10 Å². The predicted octanol–water partition coefficient (Wildman–Crippen LogP) is 2.90. The van der Waals surface area contributed by atoms with E-state index in [1.165, 1.54) is 5.56 Å². The molecular formula is C22H25N5O2. The number of rotatable bonds is 7. The number of benzene rings is 2. The van der Waals surface area contributed by atoms with E-state index >= 15 is 0 Å². The number of para-hydroxylation sites is 1. The van der Waals surface area contributed by atoms with Crippen LogP contribution in [0.25, 0.3) is 5.69 Å². The van der Waals surface area contributed by atoms with E-state index in [0.29, 0.717) is 13.3 Å². The van der Waals surface area contributed by atoms with Crippen molar-refractivity contribution in [1.29, 1.82) is 0 Å². The van der Waals surface area contributed by atoms with E-state index in [1.807, 2.05) is 59.5 Å². The summed E-state index contributed by atoms with van der Waals surface area (Å²) in [5.74, 6) is 2.42. The highest BCUT2D eigenvalue weighted by molar-refractivity contribution is 5.79. The highest BCUT2D eigenvalue weighted by Crippen LogP contribution is 2.32. The van der Waals surface area contributed by atoms with E-state index in [1.54, 1.807) is 0 Å². The molecule has 0 aliphatic carbocycles. The molecule has 1 aliphatic rings. The van der Waals surface area contributed by atoms with Gasteiger partial charge >= 0.3 is 0 Å². The first kappa shape index (κ1) is 18.9. The van der Waals surface area contributed by atoms with Gasteiger partial charge < -0.3 is 20.1 Å². The monoisotopic (exact) mass is 391 g/mol. The maximum absolute atomic E-state index is 5.44. The lowest BCUT2D eigenvalue weighted by Gasteiger charge is -2.11. The molecule has 0 amide bonds. The van der Waals surface area contributed by atoms with Gasteiger partial charge in [-0.1, -0.05) is 24.3 Å². The molecule has 0 saturated heterocycles. The molecule has 0 spiro atoms. The van der Waals surface area contributed by atoms with Crippen molar-refractivity contribution in [2.24, 2.45) is 4.99 Å². The third-order valence-electron chi connectivity index (χ3n) is 4.56. The van der Waals surface area contributed by atoms with Crippen molar-refractivity contribution >= 4 is 5.96 Å². The van der Waals surface area contributed by atoms with Crippen LogP contribution in [0.15, 0.2) is 65.9 Å². The van der Waals surface area contributed by atoms with Gasteiger partial charge in [-0.25, -0.2) is 9.67 Å². The summed E-state index contributed by atoms with van der Waals surface area (Å²) >= 11 is 0. The minimum atomic E-state index is 0.301. The lowest BCUT2D eigenvalue weighted by Crippen LogP contribution is -2.38. The molecule has 2 heterocycles. The van der Waals surface area contributed by atoms with Crippen LogP contribution in [0.2, 0.25) is 0 Å². The van der Waals surface area contributed by atoms with E-state index in [-0.39, 0.29) is 0 Å². The van der Waals surface area contributed by atoms with Gasteiger partial charge in [0.2, 0.25) is 6.79 Å². The van der Waals surface area contributed by atoms with E-state index in [0.717, 1.165) is 48.2 Å². The number of ether oxygens (including phenoxy) is 2. The Bertz CT molecular complexity index is 968. The molecular weight excluding hydrogens is 366 g/mol. The normalized spacial score (nSPS) is 12.8. The largest absolute Gasteiger partial charge is 0.454 e. The predicted molar refractivity (Wildman–Crippen MR) is 113 cm³/mol. The van der Waals surface area contributed by atoms with Gasteiger partial charge in [-0.05, 0) is 43.2 Å². The molecule has 3 aromatic rings. The Morgan fingerprint density at radius 2 is 1.93 bits per heavy atom. The third-order valence-corrected chi connectivity index (χ3v) is 4.56. The number of aliphatic imine (C=N–C) groups is 1. The molecule has 0 radical (unpaired) electrons. The summed E-state index contributed by atoms with van der Waals surface area (Å²) in [6, 6.07) is 16.1. The molecule has 2 aromatic carbocycles. The summed E-state index contributed by atoms with van der Waals surface area (Å²) in [6.45, 7) is 4.50. The van der Waals surface area contributed by atoms with Crippen molar-refractivity contribution in [3.63, 3.8) is 0 Å². The van der Waals surface area contributed by atoms with Gasteiger partial charge in [0.1, 0.15) is 0 Å². The number of aromatic nitrogens is 2. The standard InChI is InChI=1S/C22H25N5O2/c1-2-23-22(24-11-10-17-8-9-20-21(12-17)29-16-28-20)25-13-18-14-26-27(15-18)19-6-4-3-5-7-19/h3-9,12,14-15H,2,10-11,13,16H2,1H3,(H2,23,24,25). The fourth-order valence-corrected chi connectivity index (χ4v) is 3.10. The number of nitrogens with one attached hydrogen (secondary N) is 2. The smallest absolute Gasteiger partial charge is 0.231 e. The molecule has 29 heavy (non-hydrogen) atoms. The van der Waals surface area contributed by atoms with Crippen LogP contribution in [0.1, 0.15) is 18.1 Å². The van der Waals surface area contributed by atoms with Gasteiger partial charge in [0.05, 0.1) is 18.4 Å². The molecule has 1 aromatic heterocycles. The first-order valence-electron chi connectivity index (χ1n) is 9.81. The van der Waals surface area contributed by atoms with Crippen molar-refractivity contribution in [2.75, 3.05) is 19.9 Å². The van der Waals surface area contributed by atoms with Crippen LogP contribution < -0.4 is 20.1 Å². The molecule has 7 nitrogen and oxygen atoms in total. The van der Waals surface area contributed by atoms with E-state index < -0.39 is 0 Å². The second kappa shape index (κ2) is 9.14. The minimum Gasteiger partial charge on any atom is -0.454 e. The lowest BCUT2D eigenvalue weighted by atomic mass is 10.1. The van der Waals surface area contributed by atoms with Crippen LogP contribution in [0, 0.1) is 0 Å². The molecule has 7 heteroatoms. The summed E-state index contributed by atoms with van der Waals surface area (Å²) in [6.07, 6.45) is 4.73. The minimum absolute atomic E-state index is 0.301. The van der Waals surface area contributed by atoms with Crippen LogP contribution in [0.3, 0.4) is 0 Å². The van der Waals surface area contributed by atoms with Crippen LogP contribution in [0.4, 0.5) is 0 Å². The second-order valence-corrected chi connectivity index (χ2v) is 6.69. The topological polar surface area (TPSA) is 72.7 Å². The summed E-state index contributed by atoms with van der Waals surface area (Å²) in [5.41, 5.74) is 3.29. The average Bonchev–Trinajstić information content (AvgIpc) is 3.42. The first-order chi connectivity index (χ1) is 14.3. The van der Waals surface area contributed by atoms with Crippen LogP contribution >= 0.6 is 0 Å². The van der Waals surface area contributed by atoms with Gasteiger partial charge in [-0.3, -0.25) is 0 Å². The number of fused-ring (bicyclic) bond motifs is 1. The third kappa shape index (κ3) is 4.87. The summed E-state index contributed by atoms with van der Waals surface area (Å²) in [5, 5.41) is 11.1. The van der Waals surface area contributed by atoms with Gasteiger partial charge in [-0.15, -0.1) is 0 Å². The Labute approximate surface area is 170 Å². The SMILES string of the molecule is CCNC(=NCc1cnn(-c2ccccc2)c1)NCCc1ccc2c(c1)OCO2. The fourth-order valence-electron chi connectivity index (χ4n) is 3.10. The first-order valence-corrected chi connectivity index (χ1v) is 9.81. The molecule has 0 unspecified atom stereocenters. The Balaban J connectivity index is 1.32. The molecule has 0 fully saturated rings. The number of guanidine groups is 1. The molecule has 4 rings (SSSR count). The Morgan fingerprint density at radius 1 is 1.07 bits per heavy atom. The number of nitrogens with zero attached hydrogens (tertiary/aromatic N) is 3. The van der Waals surface area contributed by atoms with Crippen molar-refractivity contribution < 1.29 is 9.47 Å². The maximum Gasteiger partial charge on any atom is 0.231 e. The second-order valence-electron chi connectivity index (χ2n) is 6.69. The van der Waals surface area contributed by atoms with Crippen LogP contribution in [-0.2, 0) is 13.0 Å². The van der Waals surface area contributed by atoms with Crippen molar-refractivity contribution in [1.82, 2.24) is 20.4 Å². The zero-order chi connectivity index (χ0) is 19.9. The van der Waals surface area contributed by atoms with Crippen molar-refractivity contribution in [3.05, 3.63) is 72.1 Å². The number of hydrogen-bond acceptors (Lipinski definition) is 4. The molecule has 1 aliphatic heterocycles. The highest BCUT2D eigenvalue weighted by Gasteiger charge is 2.13. The Morgan fingerprint density at radius 3 is 2.79 bits per heavy atom. The van der Waals surface area contributed by atoms with Crippen molar-refractivity contribution in [2.45, 2.75) is 19.9 Å². The van der Waals surface area contributed by atoms with E-state index in [9.17, 15) is 0 Å². The zero-order valence-corrected chi connectivity index (χ0v) is 16.5. The zero-order valence-electron chi connectivity index (χ0n) is 16.5. The molecule has 0 saturated carbocycles. The molecule has 150 valence electrons. The highest BCUT2D eigenvalue weighted by atomic mass is 16.7. The molecule has 2 N–H and O–H groups in total.